The largest absolute Gasteiger partial charge is 0.298 e. The zero-order chi connectivity index (χ0) is 21.7. The summed E-state index contributed by atoms with van der Waals surface area (Å²) in [5, 5.41) is 2.12. The normalized spacial score (nSPS) is 29.2. The molecular weight excluding hydrogens is 394 g/mol. The second-order valence-corrected chi connectivity index (χ2v) is 10.6. The fourth-order valence-corrected chi connectivity index (χ4v) is 7.49. The molecule has 1 atom stereocenters. The molecule has 4 aliphatic carbocycles. The quantitative estimate of drug-likeness (QED) is 0.463. The van der Waals surface area contributed by atoms with Crippen molar-refractivity contribution in [1.82, 2.24) is 4.98 Å². The van der Waals surface area contributed by atoms with Crippen LogP contribution in [-0.2, 0) is 16.0 Å². The van der Waals surface area contributed by atoms with Crippen molar-refractivity contribution in [2.45, 2.75) is 50.9 Å². The number of hydrogen-bond acceptors (Lipinski definition) is 3. The van der Waals surface area contributed by atoms with Crippen LogP contribution in [0.3, 0.4) is 0 Å². The highest BCUT2D eigenvalue weighted by molar-refractivity contribution is 6.13. The third kappa shape index (κ3) is 3.30. The number of benzene rings is 2. The predicted molar refractivity (Wildman–Crippen MR) is 125 cm³/mol. The molecule has 1 unspecified atom stereocenters. The number of ketones is 2. The summed E-state index contributed by atoms with van der Waals surface area (Å²) in [7, 11) is 0. The average molecular weight is 424 g/mol. The number of carbonyl (C=O) groups is 2. The number of nitrogens with zero attached hydrogens (tertiary/aromatic N) is 1. The van der Waals surface area contributed by atoms with Crippen molar-refractivity contribution in [2.24, 2.45) is 23.2 Å². The van der Waals surface area contributed by atoms with E-state index in [0.29, 0.717) is 17.8 Å². The fraction of sp³-hybridized carbons (Fsp3) is 0.414. The molecule has 32 heavy (non-hydrogen) atoms. The van der Waals surface area contributed by atoms with Gasteiger partial charge in [-0.25, -0.2) is 0 Å². The predicted octanol–water partition coefficient (Wildman–Crippen LogP) is 5.92. The molecule has 0 spiro atoms. The van der Waals surface area contributed by atoms with Gasteiger partial charge in [0.25, 0.3) is 0 Å². The summed E-state index contributed by atoms with van der Waals surface area (Å²) in [6.45, 7) is 0. The Kier molecular flexibility index (Phi) is 4.74. The number of aromatic nitrogens is 1. The third-order valence-corrected chi connectivity index (χ3v) is 8.41. The molecule has 0 aliphatic heterocycles. The van der Waals surface area contributed by atoms with E-state index in [1.54, 1.807) is 12.4 Å². The van der Waals surface area contributed by atoms with E-state index in [4.69, 9.17) is 0 Å². The van der Waals surface area contributed by atoms with Crippen LogP contribution in [0.2, 0.25) is 0 Å². The number of pyridine rings is 1. The van der Waals surface area contributed by atoms with Gasteiger partial charge in [0.1, 0.15) is 5.92 Å². The maximum atomic E-state index is 14.4. The second-order valence-electron chi connectivity index (χ2n) is 10.6. The lowest BCUT2D eigenvalue weighted by Gasteiger charge is -2.56. The van der Waals surface area contributed by atoms with Gasteiger partial charge in [-0.1, -0.05) is 42.5 Å². The molecule has 2 aromatic carbocycles. The number of hydrogen-bond donors (Lipinski definition) is 0. The van der Waals surface area contributed by atoms with E-state index in [-0.39, 0.29) is 23.4 Å². The van der Waals surface area contributed by atoms with E-state index in [1.165, 1.54) is 19.3 Å². The first-order valence-corrected chi connectivity index (χ1v) is 12.0. The molecule has 3 heteroatoms. The Balaban J connectivity index is 1.44. The van der Waals surface area contributed by atoms with E-state index >= 15 is 0 Å². The molecule has 0 N–H and O–H groups in total. The Labute approximate surface area is 189 Å². The monoisotopic (exact) mass is 423 g/mol. The van der Waals surface area contributed by atoms with Crippen molar-refractivity contribution in [2.75, 3.05) is 0 Å². The molecule has 4 bridgehead atoms. The average Bonchev–Trinajstić information content (AvgIpc) is 2.79. The van der Waals surface area contributed by atoms with E-state index in [0.717, 1.165) is 41.2 Å². The first-order valence-electron chi connectivity index (χ1n) is 12.0. The lowest BCUT2D eigenvalue weighted by atomic mass is 9.47. The molecule has 0 amide bonds. The maximum Gasteiger partial charge on any atom is 0.153 e. The SMILES string of the molecule is O=C(Cc1ccncc1)C(C(=O)C12CC3CC(CC(C3)C1)C2)c1cccc2ccccc12. The van der Waals surface area contributed by atoms with E-state index in [2.05, 4.69) is 23.2 Å². The van der Waals surface area contributed by atoms with Crippen molar-refractivity contribution < 1.29 is 9.59 Å². The molecule has 4 aliphatic rings. The highest BCUT2D eigenvalue weighted by Crippen LogP contribution is 2.61. The Morgan fingerprint density at radius 2 is 1.47 bits per heavy atom. The van der Waals surface area contributed by atoms with Gasteiger partial charge >= 0.3 is 0 Å². The zero-order valence-corrected chi connectivity index (χ0v) is 18.4. The molecule has 3 aromatic rings. The Morgan fingerprint density at radius 3 is 2.16 bits per heavy atom. The summed E-state index contributed by atoms with van der Waals surface area (Å²) < 4.78 is 0. The minimum absolute atomic E-state index is 0.0216. The van der Waals surface area contributed by atoms with Gasteiger partial charge in [-0.05, 0) is 90.3 Å². The molecule has 162 valence electrons. The van der Waals surface area contributed by atoms with Gasteiger partial charge in [-0.15, -0.1) is 0 Å². The van der Waals surface area contributed by atoms with E-state index in [9.17, 15) is 9.59 Å². The lowest BCUT2D eigenvalue weighted by Crippen LogP contribution is -2.52. The molecule has 1 aromatic heterocycles. The summed E-state index contributed by atoms with van der Waals surface area (Å²) >= 11 is 0. The first kappa shape index (κ1) is 19.8. The van der Waals surface area contributed by atoms with Gasteiger partial charge in [-0.3, -0.25) is 14.6 Å². The van der Waals surface area contributed by atoms with Crippen LogP contribution < -0.4 is 0 Å². The molecule has 4 fully saturated rings. The van der Waals surface area contributed by atoms with Crippen LogP contribution in [0.4, 0.5) is 0 Å². The summed E-state index contributed by atoms with van der Waals surface area (Å²) in [6.07, 6.45) is 10.5. The molecule has 0 saturated heterocycles. The second kappa shape index (κ2) is 7.65. The van der Waals surface area contributed by atoms with E-state index in [1.807, 2.05) is 36.4 Å². The standard InChI is InChI=1S/C29H29NO2/c31-26(15-19-8-10-30-11-9-19)27(25-7-3-5-23-4-1-2-6-24(23)25)28(32)29-16-20-12-21(17-29)14-22(13-20)18-29/h1-11,20-22,27H,12-18H2. The van der Waals surface area contributed by atoms with Crippen LogP contribution >= 0.6 is 0 Å². The highest BCUT2D eigenvalue weighted by Gasteiger charge is 2.56. The van der Waals surface area contributed by atoms with Gasteiger partial charge in [0.2, 0.25) is 0 Å². The Bertz CT molecular complexity index is 1140. The Morgan fingerprint density at radius 1 is 0.844 bits per heavy atom. The van der Waals surface area contributed by atoms with Crippen LogP contribution in [0, 0.1) is 23.2 Å². The number of carbonyl (C=O) groups excluding carboxylic acids is 2. The van der Waals surface area contributed by atoms with Gasteiger partial charge < -0.3 is 0 Å². The van der Waals surface area contributed by atoms with Crippen LogP contribution in [-0.4, -0.2) is 16.6 Å². The molecule has 7 rings (SSSR count). The summed E-state index contributed by atoms with van der Waals surface area (Å²) in [5.41, 5.74) is 1.51. The van der Waals surface area contributed by atoms with Crippen LogP contribution in [0.5, 0.6) is 0 Å². The van der Waals surface area contributed by atoms with Gasteiger partial charge in [0, 0.05) is 24.2 Å². The lowest BCUT2D eigenvalue weighted by molar-refractivity contribution is -0.148. The number of rotatable bonds is 6. The van der Waals surface area contributed by atoms with Crippen LogP contribution in [0.15, 0.2) is 67.0 Å². The van der Waals surface area contributed by atoms with Crippen molar-refractivity contribution in [3.05, 3.63) is 78.1 Å². The smallest absolute Gasteiger partial charge is 0.153 e. The fourth-order valence-electron chi connectivity index (χ4n) is 7.49. The van der Waals surface area contributed by atoms with Crippen LogP contribution in [0.25, 0.3) is 10.8 Å². The highest BCUT2D eigenvalue weighted by atomic mass is 16.2. The molecule has 3 nitrogen and oxygen atoms in total. The summed E-state index contributed by atoms with van der Waals surface area (Å²) in [4.78, 5) is 32.4. The molecule has 1 heterocycles. The van der Waals surface area contributed by atoms with Crippen molar-refractivity contribution in [3.8, 4) is 0 Å². The van der Waals surface area contributed by atoms with Gasteiger partial charge in [0.05, 0.1) is 0 Å². The van der Waals surface area contributed by atoms with E-state index < -0.39 is 5.92 Å². The van der Waals surface area contributed by atoms with Crippen molar-refractivity contribution in [1.29, 1.82) is 0 Å². The van der Waals surface area contributed by atoms with Crippen molar-refractivity contribution >= 4 is 22.3 Å². The zero-order valence-electron chi connectivity index (χ0n) is 18.4. The van der Waals surface area contributed by atoms with Gasteiger partial charge in [0.15, 0.2) is 11.6 Å². The van der Waals surface area contributed by atoms with Gasteiger partial charge in [-0.2, -0.15) is 0 Å². The van der Waals surface area contributed by atoms with Crippen LogP contribution in [0.1, 0.15) is 55.6 Å². The molecular formula is C29H29NO2. The van der Waals surface area contributed by atoms with Crippen molar-refractivity contribution in [3.63, 3.8) is 0 Å². The summed E-state index contributed by atoms with van der Waals surface area (Å²) in [5.74, 6) is 1.56. The maximum absolute atomic E-state index is 14.4. The summed E-state index contributed by atoms with van der Waals surface area (Å²) in [6, 6.07) is 18.0. The number of Topliss-reactive ketones (excluding diaryl/α,β-unsaturated/α-hetero) is 2. The number of fused-ring (bicyclic) bond motifs is 1. The minimum Gasteiger partial charge on any atom is -0.298 e. The Hall–Kier alpha value is -2.81. The topological polar surface area (TPSA) is 47.0 Å². The molecule has 0 radical (unpaired) electrons. The first-order chi connectivity index (χ1) is 15.6. The minimum atomic E-state index is -0.689. The molecule has 4 saturated carbocycles. The third-order valence-electron chi connectivity index (χ3n) is 8.41.